The Balaban J connectivity index is 1.50. The van der Waals surface area contributed by atoms with Crippen LogP contribution in [0.15, 0.2) is 48.5 Å². The fraction of sp³-hybridized carbons (Fsp3) is 0.348. The van der Waals surface area contributed by atoms with Crippen LogP contribution < -0.4 is 19.7 Å². The van der Waals surface area contributed by atoms with Crippen LogP contribution in [0.2, 0.25) is 0 Å². The first-order valence-electron chi connectivity index (χ1n) is 9.76. The third kappa shape index (κ3) is 5.86. The highest BCUT2D eigenvalue weighted by atomic mass is 16.5. The fourth-order valence-electron chi connectivity index (χ4n) is 3.46. The van der Waals surface area contributed by atoms with Crippen LogP contribution in [0.3, 0.4) is 0 Å². The van der Waals surface area contributed by atoms with Gasteiger partial charge in [0.2, 0.25) is 5.91 Å². The van der Waals surface area contributed by atoms with E-state index in [2.05, 4.69) is 29.6 Å². The van der Waals surface area contributed by atoms with E-state index >= 15 is 0 Å². The lowest BCUT2D eigenvalue weighted by molar-refractivity contribution is -0.901. The first-order valence-corrected chi connectivity index (χ1v) is 9.76. The van der Waals surface area contributed by atoms with Crippen molar-refractivity contribution in [1.29, 1.82) is 0 Å². The molecule has 1 aliphatic heterocycles. The Hall–Kier alpha value is -2.79. The molecule has 1 saturated heterocycles. The average molecular weight is 381 g/mol. The normalized spacial score (nSPS) is 14.4. The van der Waals surface area contributed by atoms with Crippen molar-refractivity contribution in [2.45, 2.75) is 25.9 Å². The Kier molecular flexibility index (Phi) is 7.09. The van der Waals surface area contributed by atoms with Crippen LogP contribution in [-0.2, 0) is 17.9 Å². The summed E-state index contributed by atoms with van der Waals surface area (Å²) < 4.78 is 10.5. The zero-order chi connectivity index (χ0) is 19.8. The van der Waals surface area contributed by atoms with Crippen LogP contribution in [0, 0.1) is 0 Å². The van der Waals surface area contributed by atoms with E-state index in [0.29, 0.717) is 18.0 Å². The first-order chi connectivity index (χ1) is 13.7. The van der Waals surface area contributed by atoms with E-state index in [1.807, 2.05) is 12.1 Å². The average Bonchev–Trinajstić information content (AvgIpc) is 3.24. The van der Waals surface area contributed by atoms with Crippen LogP contribution in [0.5, 0.6) is 11.5 Å². The number of likely N-dealkylation sites (tertiary alicyclic amines) is 1. The summed E-state index contributed by atoms with van der Waals surface area (Å²) in [6.45, 7) is 4.17. The highest BCUT2D eigenvalue weighted by Crippen LogP contribution is 2.23. The van der Waals surface area contributed by atoms with Gasteiger partial charge in [-0.15, -0.1) is 0 Å². The van der Waals surface area contributed by atoms with E-state index in [-0.39, 0.29) is 5.91 Å². The summed E-state index contributed by atoms with van der Waals surface area (Å²) in [6.07, 6.45) is 5.96. The zero-order valence-electron chi connectivity index (χ0n) is 16.7. The molecule has 0 spiro atoms. The minimum atomic E-state index is -0.132. The van der Waals surface area contributed by atoms with Gasteiger partial charge in [-0.3, -0.25) is 4.79 Å². The minimum Gasteiger partial charge on any atom is -0.497 e. The monoisotopic (exact) mass is 381 g/mol. The van der Waals surface area contributed by atoms with Gasteiger partial charge in [-0.05, 0) is 29.3 Å². The third-order valence-electron chi connectivity index (χ3n) is 5.06. The Morgan fingerprint density at radius 2 is 1.61 bits per heavy atom. The van der Waals surface area contributed by atoms with Crippen molar-refractivity contribution in [2.24, 2.45) is 0 Å². The summed E-state index contributed by atoms with van der Waals surface area (Å²) in [7, 11) is 3.21. The van der Waals surface area contributed by atoms with Crippen molar-refractivity contribution in [3.05, 3.63) is 65.2 Å². The van der Waals surface area contributed by atoms with Gasteiger partial charge in [0.05, 0.1) is 27.3 Å². The topological polar surface area (TPSA) is 52.0 Å². The SMILES string of the molecule is COc1cc(/C=C/C(=O)NCc2ccc(C[NH+]3CCCC3)cc2)cc(OC)c1. The molecule has 5 heteroatoms. The van der Waals surface area contributed by atoms with Gasteiger partial charge in [0.1, 0.15) is 18.0 Å². The molecule has 0 atom stereocenters. The van der Waals surface area contributed by atoms with Gasteiger partial charge >= 0.3 is 0 Å². The molecule has 0 bridgehead atoms. The second-order valence-corrected chi connectivity index (χ2v) is 7.15. The van der Waals surface area contributed by atoms with E-state index < -0.39 is 0 Å². The van der Waals surface area contributed by atoms with Crippen LogP contribution in [0.1, 0.15) is 29.5 Å². The number of quaternary nitrogens is 1. The van der Waals surface area contributed by atoms with Gasteiger partial charge in [0.15, 0.2) is 0 Å². The summed E-state index contributed by atoms with van der Waals surface area (Å²) in [4.78, 5) is 13.8. The van der Waals surface area contributed by atoms with Crippen molar-refractivity contribution in [2.75, 3.05) is 27.3 Å². The first kappa shape index (κ1) is 20.0. The Bertz CT molecular complexity index is 787. The highest BCUT2D eigenvalue weighted by molar-refractivity contribution is 5.91. The van der Waals surface area contributed by atoms with Gasteiger partial charge < -0.3 is 19.7 Å². The maximum absolute atomic E-state index is 12.1. The molecule has 28 heavy (non-hydrogen) atoms. The molecule has 0 unspecified atom stereocenters. The van der Waals surface area contributed by atoms with Crippen molar-refractivity contribution in [3.8, 4) is 11.5 Å². The molecule has 2 aromatic carbocycles. The lowest BCUT2D eigenvalue weighted by Gasteiger charge is -2.12. The fourth-order valence-corrected chi connectivity index (χ4v) is 3.46. The second-order valence-electron chi connectivity index (χ2n) is 7.15. The molecule has 1 amide bonds. The van der Waals surface area contributed by atoms with Crippen molar-refractivity contribution < 1.29 is 19.2 Å². The molecule has 0 radical (unpaired) electrons. The lowest BCUT2D eigenvalue weighted by atomic mass is 10.1. The maximum Gasteiger partial charge on any atom is 0.244 e. The van der Waals surface area contributed by atoms with Crippen LogP contribution in [-0.4, -0.2) is 33.2 Å². The largest absolute Gasteiger partial charge is 0.497 e. The van der Waals surface area contributed by atoms with Gasteiger partial charge in [-0.25, -0.2) is 0 Å². The Morgan fingerprint density at radius 1 is 1.00 bits per heavy atom. The number of hydrogen-bond donors (Lipinski definition) is 2. The van der Waals surface area contributed by atoms with Crippen LogP contribution in [0.25, 0.3) is 6.08 Å². The van der Waals surface area contributed by atoms with Gasteiger partial charge in [-0.1, -0.05) is 24.3 Å². The molecule has 148 valence electrons. The number of hydrogen-bond acceptors (Lipinski definition) is 3. The van der Waals surface area contributed by atoms with Crippen molar-refractivity contribution in [1.82, 2.24) is 5.32 Å². The molecule has 1 aliphatic rings. The molecule has 5 nitrogen and oxygen atoms in total. The summed E-state index contributed by atoms with van der Waals surface area (Å²) in [5.74, 6) is 1.25. The molecule has 3 rings (SSSR count). The van der Waals surface area contributed by atoms with Crippen molar-refractivity contribution in [3.63, 3.8) is 0 Å². The highest BCUT2D eigenvalue weighted by Gasteiger charge is 2.15. The summed E-state index contributed by atoms with van der Waals surface area (Å²) in [6, 6.07) is 14.0. The molecular formula is C23H29N2O3+. The van der Waals surface area contributed by atoms with E-state index in [1.165, 1.54) is 37.6 Å². The number of carbonyl (C=O) groups is 1. The summed E-state index contributed by atoms with van der Waals surface area (Å²) >= 11 is 0. The van der Waals surface area contributed by atoms with Gasteiger partial charge in [-0.2, -0.15) is 0 Å². The smallest absolute Gasteiger partial charge is 0.244 e. The lowest BCUT2D eigenvalue weighted by Crippen LogP contribution is -3.08. The Labute approximate surface area is 167 Å². The maximum atomic E-state index is 12.1. The van der Waals surface area contributed by atoms with Crippen LogP contribution >= 0.6 is 0 Å². The molecule has 0 aliphatic carbocycles. The predicted molar refractivity (Wildman–Crippen MR) is 111 cm³/mol. The summed E-state index contributed by atoms with van der Waals surface area (Å²) in [5.41, 5.74) is 3.31. The van der Waals surface area contributed by atoms with E-state index in [9.17, 15) is 4.79 Å². The number of nitrogens with one attached hydrogen (secondary N) is 2. The Morgan fingerprint density at radius 3 is 2.21 bits per heavy atom. The third-order valence-corrected chi connectivity index (χ3v) is 5.06. The number of ether oxygens (including phenoxy) is 2. The summed E-state index contributed by atoms with van der Waals surface area (Å²) in [5, 5.41) is 2.93. The molecule has 2 aromatic rings. The number of amides is 1. The quantitative estimate of drug-likeness (QED) is 0.690. The molecule has 2 N–H and O–H groups in total. The number of rotatable bonds is 8. The van der Waals surface area contributed by atoms with E-state index in [4.69, 9.17) is 9.47 Å². The molecule has 1 fully saturated rings. The minimum absolute atomic E-state index is 0.132. The zero-order valence-corrected chi connectivity index (χ0v) is 16.7. The van der Waals surface area contributed by atoms with E-state index in [1.54, 1.807) is 31.3 Å². The molecule has 1 heterocycles. The second kappa shape index (κ2) is 9.95. The van der Waals surface area contributed by atoms with E-state index in [0.717, 1.165) is 17.7 Å². The molecule has 0 aromatic heterocycles. The molecule has 0 saturated carbocycles. The van der Waals surface area contributed by atoms with Crippen LogP contribution in [0.4, 0.5) is 0 Å². The number of carbonyl (C=O) groups excluding carboxylic acids is 1. The number of methoxy groups -OCH3 is 2. The molecular weight excluding hydrogens is 352 g/mol. The standard InChI is InChI=1S/C23H28N2O3/c1-27-21-13-20(14-22(15-21)28-2)9-10-23(26)24-16-18-5-7-19(8-6-18)17-25-11-3-4-12-25/h5-10,13-15H,3-4,11-12,16-17H2,1-2H3,(H,24,26)/p+1/b10-9+. The predicted octanol–water partition coefficient (Wildman–Crippen LogP) is 2.21. The van der Waals surface area contributed by atoms with Crippen molar-refractivity contribution >= 4 is 12.0 Å². The van der Waals surface area contributed by atoms with Gasteiger partial charge in [0, 0.05) is 37.1 Å². The van der Waals surface area contributed by atoms with Gasteiger partial charge in [0.25, 0.3) is 0 Å². The number of benzene rings is 2.